The molecule has 2 unspecified atom stereocenters. The summed E-state index contributed by atoms with van der Waals surface area (Å²) in [6, 6.07) is 27.8. The summed E-state index contributed by atoms with van der Waals surface area (Å²) < 4.78 is 0. The van der Waals surface area contributed by atoms with Crippen LogP contribution >= 0.6 is 24.4 Å². The fourth-order valence-corrected chi connectivity index (χ4v) is 5.82. The van der Waals surface area contributed by atoms with E-state index in [1.54, 1.807) is 0 Å². The fraction of sp³-hybridized carbons (Fsp3) is 0.226. The van der Waals surface area contributed by atoms with Gasteiger partial charge >= 0.3 is 0 Å². The summed E-state index contributed by atoms with van der Waals surface area (Å²) in [6.45, 7) is 4.04. The van der Waals surface area contributed by atoms with Gasteiger partial charge in [-0.05, 0) is 65.1 Å². The molecule has 0 aromatic heterocycles. The predicted octanol–water partition coefficient (Wildman–Crippen LogP) is 6.37. The number of rotatable bonds is 5. The Morgan fingerprint density at radius 3 is 1.77 bits per heavy atom. The summed E-state index contributed by atoms with van der Waals surface area (Å²) >= 11 is 10.8. The topological polar surface area (TPSA) is 82.3 Å². The van der Waals surface area contributed by atoms with Crippen molar-refractivity contribution >= 4 is 79.4 Å². The Hall–Kier alpha value is -3.88. The lowest BCUT2D eigenvalue weighted by molar-refractivity contribution is -0.143. The standard InChI is InChI=1S/C31H30N4O2S2/c1-31(2)21(18-27(36)34-29(38)32-25-15-7-11-19-9-3-5-13-22(19)25)17-24(31)28(37)35-30(39)33-26-16-8-12-20-10-4-6-14-23(20)26/h3-16,21,24H,17-18H2,1-2H3,(H2,32,34,36,38)(H2,33,35,37,39). The van der Waals surface area contributed by atoms with Crippen LogP contribution < -0.4 is 21.3 Å². The molecule has 0 spiro atoms. The highest BCUT2D eigenvalue weighted by Gasteiger charge is 2.52. The summed E-state index contributed by atoms with van der Waals surface area (Å²) in [5.41, 5.74) is 1.32. The lowest BCUT2D eigenvalue weighted by Gasteiger charge is -2.51. The Bertz CT molecular complexity index is 1590. The number of thiocarbonyl (C=S) groups is 2. The van der Waals surface area contributed by atoms with Crippen molar-refractivity contribution in [1.82, 2.24) is 10.6 Å². The van der Waals surface area contributed by atoms with E-state index in [-0.39, 0.29) is 45.7 Å². The summed E-state index contributed by atoms with van der Waals surface area (Å²) in [4.78, 5) is 25.8. The van der Waals surface area contributed by atoms with Gasteiger partial charge in [0.25, 0.3) is 0 Å². The van der Waals surface area contributed by atoms with Gasteiger partial charge < -0.3 is 21.3 Å². The third-order valence-corrected chi connectivity index (χ3v) is 8.19. The molecule has 4 aromatic carbocycles. The third kappa shape index (κ3) is 5.77. The first-order chi connectivity index (χ1) is 18.7. The summed E-state index contributed by atoms with van der Waals surface area (Å²) in [5.74, 6) is -0.503. The molecule has 5 rings (SSSR count). The molecular weight excluding hydrogens is 525 g/mol. The maximum Gasteiger partial charge on any atom is 0.229 e. The Balaban J connectivity index is 1.12. The van der Waals surface area contributed by atoms with E-state index in [0.717, 1.165) is 32.9 Å². The molecule has 1 aliphatic carbocycles. The number of benzene rings is 4. The zero-order valence-electron chi connectivity index (χ0n) is 21.8. The Morgan fingerprint density at radius 2 is 1.23 bits per heavy atom. The number of nitrogens with one attached hydrogen (secondary N) is 4. The van der Waals surface area contributed by atoms with Crippen molar-refractivity contribution in [3.05, 3.63) is 84.9 Å². The smallest absolute Gasteiger partial charge is 0.229 e. The number of amides is 2. The maximum absolute atomic E-state index is 13.1. The van der Waals surface area contributed by atoms with Gasteiger partial charge in [-0.1, -0.05) is 86.6 Å². The van der Waals surface area contributed by atoms with E-state index in [9.17, 15) is 9.59 Å². The second-order valence-corrected chi connectivity index (χ2v) is 11.3. The molecule has 4 aromatic rings. The molecule has 2 amide bonds. The van der Waals surface area contributed by atoms with Crippen LogP contribution in [0.15, 0.2) is 84.9 Å². The number of anilines is 2. The second-order valence-electron chi connectivity index (χ2n) is 10.5. The van der Waals surface area contributed by atoms with Crippen LogP contribution in [0.3, 0.4) is 0 Å². The predicted molar refractivity (Wildman–Crippen MR) is 167 cm³/mol. The molecule has 1 saturated carbocycles. The second kappa shape index (κ2) is 11.1. The van der Waals surface area contributed by atoms with Gasteiger partial charge in [0, 0.05) is 34.5 Å². The van der Waals surface area contributed by atoms with Crippen LogP contribution in [-0.2, 0) is 9.59 Å². The molecule has 198 valence electrons. The van der Waals surface area contributed by atoms with E-state index >= 15 is 0 Å². The minimum atomic E-state index is -0.360. The van der Waals surface area contributed by atoms with Crippen LogP contribution in [0.1, 0.15) is 26.7 Å². The van der Waals surface area contributed by atoms with E-state index < -0.39 is 0 Å². The normalized spacial score (nSPS) is 17.6. The van der Waals surface area contributed by atoms with Crippen LogP contribution in [0.5, 0.6) is 0 Å². The Labute approximate surface area is 238 Å². The molecule has 4 N–H and O–H groups in total. The molecule has 8 heteroatoms. The summed E-state index contributed by atoms with van der Waals surface area (Å²) in [7, 11) is 0. The van der Waals surface area contributed by atoms with Crippen LogP contribution in [0.4, 0.5) is 11.4 Å². The Kier molecular flexibility index (Phi) is 7.59. The van der Waals surface area contributed by atoms with E-state index in [2.05, 4.69) is 21.3 Å². The van der Waals surface area contributed by atoms with E-state index in [1.807, 2.05) is 98.8 Å². The van der Waals surface area contributed by atoms with Gasteiger partial charge in [0.2, 0.25) is 11.8 Å². The lowest BCUT2D eigenvalue weighted by Crippen LogP contribution is -2.55. The number of hydrogen-bond donors (Lipinski definition) is 4. The molecule has 0 saturated heterocycles. The van der Waals surface area contributed by atoms with E-state index in [4.69, 9.17) is 24.4 Å². The van der Waals surface area contributed by atoms with Crippen LogP contribution in [0.2, 0.25) is 0 Å². The van der Waals surface area contributed by atoms with Crippen LogP contribution in [0, 0.1) is 17.3 Å². The molecule has 39 heavy (non-hydrogen) atoms. The quantitative estimate of drug-likeness (QED) is 0.215. The lowest BCUT2D eigenvalue weighted by atomic mass is 9.53. The molecule has 2 atom stereocenters. The van der Waals surface area contributed by atoms with Gasteiger partial charge in [-0.2, -0.15) is 0 Å². The van der Waals surface area contributed by atoms with Crippen molar-refractivity contribution in [2.75, 3.05) is 10.6 Å². The van der Waals surface area contributed by atoms with E-state index in [0.29, 0.717) is 6.42 Å². The average molecular weight is 555 g/mol. The third-order valence-electron chi connectivity index (χ3n) is 7.78. The zero-order chi connectivity index (χ0) is 27.6. The molecule has 1 aliphatic rings. The first-order valence-corrected chi connectivity index (χ1v) is 13.7. The molecule has 0 heterocycles. The minimum absolute atomic E-state index is 0.0493. The number of hydrogen-bond acceptors (Lipinski definition) is 4. The van der Waals surface area contributed by atoms with Gasteiger partial charge in [0.1, 0.15) is 0 Å². The van der Waals surface area contributed by atoms with Gasteiger partial charge in [0.05, 0.1) is 0 Å². The van der Waals surface area contributed by atoms with Gasteiger partial charge in [0.15, 0.2) is 10.2 Å². The van der Waals surface area contributed by atoms with Crippen molar-refractivity contribution < 1.29 is 9.59 Å². The van der Waals surface area contributed by atoms with Crippen LogP contribution in [-0.4, -0.2) is 22.0 Å². The molecule has 1 fully saturated rings. The molecule has 0 radical (unpaired) electrons. The number of fused-ring (bicyclic) bond motifs is 2. The van der Waals surface area contributed by atoms with Gasteiger partial charge in [-0.15, -0.1) is 0 Å². The van der Waals surface area contributed by atoms with Gasteiger partial charge in [-0.25, -0.2) is 0 Å². The van der Waals surface area contributed by atoms with Crippen molar-refractivity contribution in [3.63, 3.8) is 0 Å². The molecular formula is C31H30N4O2S2. The molecule has 6 nitrogen and oxygen atoms in total. The monoisotopic (exact) mass is 554 g/mol. The summed E-state index contributed by atoms with van der Waals surface area (Å²) in [5, 5.41) is 16.7. The first-order valence-electron chi connectivity index (χ1n) is 12.9. The van der Waals surface area contributed by atoms with Crippen molar-refractivity contribution in [2.45, 2.75) is 26.7 Å². The van der Waals surface area contributed by atoms with E-state index in [1.165, 1.54) is 0 Å². The van der Waals surface area contributed by atoms with Crippen molar-refractivity contribution in [3.8, 4) is 0 Å². The first kappa shape index (κ1) is 26.7. The molecule has 0 bridgehead atoms. The Morgan fingerprint density at radius 1 is 0.744 bits per heavy atom. The van der Waals surface area contributed by atoms with Crippen LogP contribution in [0.25, 0.3) is 21.5 Å². The maximum atomic E-state index is 13.1. The minimum Gasteiger partial charge on any atom is -0.332 e. The summed E-state index contributed by atoms with van der Waals surface area (Å²) in [6.07, 6.45) is 0.888. The average Bonchev–Trinajstić information content (AvgIpc) is 2.91. The highest BCUT2D eigenvalue weighted by molar-refractivity contribution is 7.80. The zero-order valence-corrected chi connectivity index (χ0v) is 23.4. The van der Waals surface area contributed by atoms with Crippen molar-refractivity contribution in [1.29, 1.82) is 0 Å². The largest absolute Gasteiger partial charge is 0.332 e. The number of carbonyl (C=O) groups is 2. The number of carbonyl (C=O) groups excluding carboxylic acids is 2. The SMILES string of the molecule is CC1(C)C(CC(=O)NC(=S)Nc2cccc3ccccc23)CC1C(=O)NC(=S)Nc1cccc2ccccc12. The molecule has 0 aliphatic heterocycles. The van der Waals surface area contributed by atoms with Crippen molar-refractivity contribution in [2.24, 2.45) is 17.3 Å². The van der Waals surface area contributed by atoms with Gasteiger partial charge in [-0.3, -0.25) is 9.59 Å². The highest BCUT2D eigenvalue weighted by Crippen LogP contribution is 2.52. The highest BCUT2D eigenvalue weighted by atomic mass is 32.1. The fourth-order valence-electron chi connectivity index (χ4n) is 5.38.